The summed E-state index contributed by atoms with van der Waals surface area (Å²) in [6, 6.07) is 12.3. The molecule has 0 aliphatic carbocycles. The maximum atomic E-state index is 5.81. The molecule has 17 heavy (non-hydrogen) atoms. The van der Waals surface area contributed by atoms with Crippen molar-refractivity contribution in [3.8, 4) is 0 Å². The predicted octanol–water partition coefficient (Wildman–Crippen LogP) is 3.94. The Kier molecular flexibility index (Phi) is 3.05. The SMILES string of the molecule is Cc1cc(Nc2cccc(C)c2C)ccc1N. The van der Waals surface area contributed by atoms with E-state index in [0.29, 0.717) is 0 Å². The molecule has 2 aromatic carbocycles. The van der Waals surface area contributed by atoms with Crippen LogP contribution < -0.4 is 11.1 Å². The van der Waals surface area contributed by atoms with Crippen LogP contribution in [-0.2, 0) is 0 Å². The zero-order valence-electron chi connectivity index (χ0n) is 10.5. The van der Waals surface area contributed by atoms with Crippen LogP contribution >= 0.6 is 0 Å². The van der Waals surface area contributed by atoms with E-state index in [1.165, 1.54) is 11.1 Å². The van der Waals surface area contributed by atoms with Crippen molar-refractivity contribution in [3.63, 3.8) is 0 Å². The highest BCUT2D eigenvalue weighted by atomic mass is 14.9. The molecule has 0 fully saturated rings. The molecule has 0 saturated heterocycles. The summed E-state index contributed by atoms with van der Waals surface area (Å²) in [4.78, 5) is 0. The summed E-state index contributed by atoms with van der Waals surface area (Å²) in [5, 5.41) is 3.43. The van der Waals surface area contributed by atoms with Gasteiger partial charge in [0.1, 0.15) is 0 Å². The molecule has 0 atom stereocenters. The predicted molar refractivity (Wildman–Crippen MR) is 74.8 cm³/mol. The number of hydrogen-bond donors (Lipinski definition) is 2. The standard InChI is InChI=1S/C15H18N2/c1-10-5-4-6-15(12(10)3)17-13-7-8-14(16)11(2)9-13/h4-9,17H,16H2,1-3H3. The molecule has 2 rings (SSSR count). The fourth-order valence-electron chi connectivity index (χ4n) is 1.80. The van der Waals surface area contributed by atoms with Crippen molar-refractivity contribution in [3.05, 3.63) is 53.1 Å². The zero-order valence-corrected chi connectivity index (χ0v) is 10.5. The fraction of sp³-hybridized carbons (Fsp3) is 0.200. The molecule has 0 radical (unpaired) electrons. The summed E-state index contributed by atoms with van der Waals surface area (Å²) in [7, 11) is 0. The Morgan fingerprint density at radius 2 is 1.71 bits per heavy atom. The molecular weight excluding hydrogens is 208 g/mol. The largest absolute Gasteiger partial charge is 0.399 e. The van der Waals surface area contributed by atoms with Gasteiger partial charge in [-0.05, 0) is 61.7 Å². The van der Waals surface area contributed by atoms with Crippen LogP contribution in [0.3, 0.4) is 0 Å². The second kappa shape index (κ2) is 4.50. The van der Waals surface area contributed by atoms with E-state index in [1.807, 2.05) is 19.1 Å². The van der Waals surface area contributed by atoms with E-state index < -0.39 is 0 Å². The smallest absolute Gasteiger partial charge is 0.0416 e. The monoisotopic (exact) mass is 226 g/mol. The molecule has 0 unspecified atom stereocenters. The number of anilines is 3. The van der Waals surface area contributed by atoms with Crippen LogP contribution in [0.1, 0.15) is 16.7 Å². The Balaban J connectivity index is 2.31. The highest BCUT2D eigenvalue weighted by molar-refractivity contribution is 5.67. The van der Waals surface area contributed by atoms with Crippen molar-refractivity contribution in [2.75, 3.05) is 11.1 Å². The maximum Gasteiger partial charge on any atom is 0.0416 e. The first-order valence-electron chi connectivity index (χ1n) is 5.77. The first-order chi connectivity index (χ1) is 8.08. The van der Waals surface area contributed by atoms with Crippen LogP contribution in [0.2, 0.25) is 0 Å². The van der Waals surface area contributed by atoms with E-state index in [2.05, 4.69) is 43.4 Å². The quantitative estimate of drug-likeness (QED) is 0.761. The van der Waals surface area contributed by atoms with Gasteiger partial charge in [0.25, 0.3) is 0 Å². The van der Waals surface area contributed by atoms with Crippen molar-refractivity contribution in [1.29, 1.82) is 0 Å². The highest BCUT2D eigenvalue weighted by Gasteiger charge is 2.02. The van der Waals surface area contributed by atoms with Gasteiger partial charge in [-0.1, -0.05) is 12.1 Å². The lowest BCUT2D eigenvalue weighted by Crippen LogP contribution is -1.96. The van der Waals surface area contributed by atoms with E-state index in [0.717, 1.165) is 22.6 Å². The number of hydrogen-bond acceptors (Lipinski definition) is 2. The second-order valence-electron chi connectivity index (χ2n) is 4.44. The van der Waals surface area contributed by atoms with Crippen LogP contribution in [0, 0.1) is 20.8 Å². The summed E-state index contributed by atoms with van der Waals surface area (Å²) in [6.07, 6.45) is 0. The molecule has 88 valence electrons. The number of rotatable bonds is 2. The molecule has 0 amide bonds. The second-order valence-corrected chi connectivity index (χ2v) is 4.44. The van der Waals surface area contributed by atoms with E-state index in [9.17, 15) is 0 Å². The van der Waals surface area contributed by atoms with Gasteiger partial charge in [0, 0.05) is 17.1 Å². The average molecular weight is 226 g/mol. The normalized spacial score (nSPS) is 10.3. The van der Waals surface area contributed by atoms with Crippen molar-refractivity contribution in [2.24, 2.45) is 0 Å². The number of nitrogens with two attached hydrogens (primary N) is 1. The van der Waals surface area contributed by atoms with Gasteiger partial charge in [-0.3, -0.25) is 0 Å². The Hall–Kier alpha value is -1.96. The van der Waals surface area contributed by atoms with Crippen LogP contribution in [0.4, 0.5) is 17.1 Å². The molecule has 0 aromatic heterocycles. The minimum absolute atomic E-state index is 0.830. The molecule has 3 N–H and O–H groups in total. The molecule has 0 aliphatic heterocycles. The van der Waals surface area contributed by atoms with Gasteiger partial charge in [-0.25, -0.2) is 0 Å². The molecule has 0 bridgehead atoms. The zero-order chi connectivity index (χ0) is 12.4. The summed E-state index contributed by atoms with van der Waals surface area (Å²) < 4.78 is 0. The minimum atomic E-state index is 0.830. The fourth-order valence-corrected chi connectivity index (χ4v) is 1.80. The molecule has 2 nitrogen and oxygen atoms in total. The molecule has 0 spiro atoms. The van der Waals surface area contributed by atoms with Gasteiger partial charge in [0.2, 0.25) is 0 Å². The van der Waals surface area contributed by atoms with Gasteiger partial charge < -0.3 is 11.1 Å². The van der Waals surface area contributed by atoms with Crippen LogP contribution in [-0.4, -0.2) is 0 Å². The number of aryl methyl sites for hydroxylation is 2. The lowest BCUT2D eigenvalue weighted by Gasteiger charge is -2.12. The Labute approximate surface area is 102 Å². The van der Waals surface area contributed by atoms with Gasteiger partial charge in [-0.15, -0.1) is 0 Å². The first kappa shape index (κ1) is 11.5. The van der Waals surface area contributed by atoms with Crippen LogP contribution in [0.5, 0.6) is 0 Å². The summed E-state index contributed by atoms with van der Waals surface area (Å²) in [6.45, 7) is 6.26. The van der Waals surface area contributed by atoms with Crippen molar-refractivity contribution < 1.29 is 0 Å². The molecule has 0 aliphatic rings. The number of benzene rings is 2. The maximum absolute atomic E-state index is 5.81. The summed E-state index contributed by atoms with van der Waals surface area (Å²) >= 11 is 0. The third-order valence-electron chi connectivity index (χ3n) is 3.15. The average Bonchev–Trinajstić information content (AvgIpc) is 2.30. The number of nitrogen functional groups attached to an aromatic ring is 1. The van der Waals surface area contributed by atoms with E-state index in [-0.39, 0.29) is 0 Å². The molecule has 0 heterocycles. The molecular formula is C15H18N2. The van der Waals surface area contributed by atoms with Crippen LogP contribution in [0.15, 0.2) is 36.4 Å². The Bertz CT molecular complexity index is 545. The topological polar surface area (TPSA) is 38.0 Å². The lowest BCUT2D eigenvalue weighted by atomic mass is 10.1. The Morgan fingerprint density at radius 1 is 0.941 bits per heavy atom. The van der Waals surface area contributed by atoms with E-state index in [4.69, 9.17) is 5.73 Å². The van der Waals surface area contributed by atoms with E-state index >= 15 is 0 Å². The Morgan fingerprint density at radius 3 is 2.41 bits per heavy atom. The first-order valence-corrected chi connectivity index (χ1v) is 5.77. The van der Waals surface area contributed by atoms with Gasteiger partial charge in [0.15, 0.2) is 0 Å². The molecule has 2 aromatic rings. The van der Waals surface area contributed by atoms with Gasteiger partial charge in [0.05, 0.1) is 0 Å². The third-order valence-corrected chi connectivity index (χ3v) is 3.15. The lowest BCUT2D eigenvalue weighted by molar-refractivity contribution is 1.33. The summed E-state index contributed by atoms with van der Waals surface area (Å²) in [5.41, 5.74) is 12.5. The van der Waals surface area contributed by atoms with Gasteiger partial charge in [-0.2, -0.15) is 0 Å². The van der Waals surface area contributed by atoms with E-state index in [1.54, 1.807) is 0 Å². The highest BCUT2D eigenvalue weighted by Crippen LogP contribution is 2.24. The van der Waals surface area contributed by atoms with Crippen LogP contribution in [0.25, 0.3) is 0 Å². The number of nitrogens with one attached hydrogen (secondary N) is 1. The van der Waals surface area contributed by atoms with Crippen molar-refractivity contribution in [2.45, 2.75) is 20.8 Å². The van der Waals surface area contributed by atoms with Crippen molar-refractivity contribution >= 4 is 17.1 Å². The third kappa shape index (κ3) is 2.41. The van der Waals surface area contributed by atoms with Gasteiger partial charge >= 0.3 is 0 Å². The van der Waals surface area contributed by atoms with Crippen molar-refractivity contribution in [1.82, 2.24) is 0 Å². The molecule has 0 saturated carbocycles. The minimum Gasteiger partial charge on any atom is -0.399 e. The summed E-state index contributed by atoms with van der Waals surface area (Å²) in [5.74, 6) is 0. The molecule has 2 heteroatoms.